The summed E-state index contributed by atoms with van der Waals surface area (Å²) < 4.78 is 79.2. The van der Waals surface area contributed by atoms with Crippen LogP contribution < -0.4 is 25.0 Å². The Bertz CT molecular complexity index is 1490. The molecule has 1 fully saturated rings. The standard InChI is InChI=1S/C23H22F4N6O4S2/c1-22(2)20(35)32(14-5-4-13(12-28)17(10-14)23(25,26)27)21(38)33(22)15-6-7-16(18(24)11-15)19(34)30-8-3-9-31-39(29,36)37/h4-7,10-11,31H,3,8-9H2,1-2H3,(H,30,34)(H2,29,36,37). The summed E-state index contributed by atoms with van der Waals surface area (Å²) in [6.45, 7) is 2.87. The summed E-state index contributed by atoms with van der Waals surface area (Å²) in [6.07, 6.45) is -4.68. The molecular weight excluding hydrogens is 564 g/mol. The average molecular weight is 587 g/mol. The van der Waals surface area contributed by atoms with E-state index in [1.165, 1.54) is 30.9 Å². The van der Waals surface area contributed by atoms with Crippen molar-refractivity contribution >= 4 is 50.7 Å². The van der Waals surface area contributed by atoms with Crippen LogP contribution in [0.15, 0.2) is 36.4 Å². The third-order valence-corrected chi connectivity index (χ3v) is 6.72. The van der Waals surface area contributed by atoms with E-state index in [1.54, 1.807) is 0 Å². The van der Waals surface area contributed by atoms with Crippen LogP contribution in [0.3, 0.4) is 0 Å². The first-order chi connectivity index (χ1) is 18.0. The Hall–Kier alpha value is -3.65. The van der Waals surface area contributed by atoms with Gasteiger partial charge in [0.05, 0.1) is 28.4 Å². The van der Waals surface area contributed by atoms with Crippen molar-refractivity contribution < 1.29 is 35.6 Å². The van der Waals surface area contributed by atoms with E-state index < -0.39 is 50.7 Å². The van der Waals surface area contributed by atoms with Gasteiger partial charge in [-0.25, -0.2) is 14.3 Å². The number of hydrogen-bond acceptors (Lipinski definition) is 6. The minimum Gasteiger partial charge on any atom is -0.352 e. The second kappa shape index (κ2) is 10.8. The fourth-order valence-corrected chi connectivity index (χ4v) is 4.84. The summed E-state index contributed by atoms with van der Waals surface area (Å²) in [4.78, 5) is 27.8. The molecule has 1 saturated heterocycles. The maximum atomic E-state index is 15.0. The monoisotopic (exact) mass is 586 g/mol. The van der Waals surface area contributed by atoms with Crippen molar-refractivity contribution in [1.82, 2.24) is 10.0 Å². The van der Waals surface area contributed by atoms with E-state index in [0.717, 1.165) is 29.2 Å². The molecule has 10 nitrogen and oxygen atoms in total. The van der Waals surface area contributed by atoms with E-state index in [9.17, 15) is 35.6 Å². The first-order valence-corrected chi connectivity index (χ1v) is 13.1. The molecule has 0 aromatic heterocycles. The van der Waals surface area contributed by atoms with Gasteiger partial charge < -0.3 is 10.2 Å². The molecule has 1 aliphatic rings. The summed E-state index contributed by atoms with van der Waals surface area (Å²) in [5.41, 5.74) is -3.81. The summed E-state index contributed by atoms with van der Waals surface area (Å²) in [7, 11) is -3.88. The van der Waals surface area contributed by atoms with Gasteiger partial charge in [0, 0.05) is 18.8 Å². The molecule has 2 amide bonds. The number of benzene rings is 2. The number of thiocarbonyl (C=S) groups is 1. The van der Waals surface area contributed by atoms with Crippen molar-refractivity contribution in [3.63, 3.8) is 0 Å². The van der Waals surface area contributed by atoms with Gasteiger partial charge in [0.15, 0.2) is 5.11 Å². The maximum absolute atomic E-state index is 15.0. The Balaban J connectivity index is 1.85. The van der Waals surface area contributed by atoms with Crippen LogP contribution in [-0.4, -0.2) is 44.0 Å². The van der Waals surface area contributed by atoms with Crippen molar-refractivity contribution in [3.8, 4) is 6.07 Å². The van der Waals surface area contributed by atoms with Gasteiger partial charge in [-0.2, -0.15) is 26.9 Å². The molecule has 0 spiro atoms. The van der Waals surface area contributed by atoms with Gasteiger partial charge in [0.25, 0.3) is 22.0 Å². The molecule has 0 radical (unpaired) electrons. The second-order valence-electron chi connectivity index (χ2n) is 8.87. The van der Waals surface area contributed by atoms with Crippen molar-refractivity contribution in [1.29, 1.82) is 5.26 Å². The molecule has 3 rings (SSSR count). The smallest absolute Gasteiger partial charge is 0.352 e. The molecule has 4 N–H and O–H groups in total. The van der Waals surface area contributed by atoms with E-state index in [0.29, 0.717) is 6.07 Å². The highest BCUT2D eigenvalue weighted by atomic mass is 32.2. The molecule has 0 bridgehead atoms. The highest BCUT2D eigenvalue weighted by Crippen LogP contribution is 2.39. The van der Waals surface area contributed by atoms with E-state index in [4.69, 9.17) is 22.6 Å². The van der Waals surface area contributed by atoms with Crippen LogP contribution in [0.2, 0.25) is 0 Å². The molecule has 0 unspecified atom stereocenters. The molecule has 2 aromatic rings. The fraction of sp³-hybridized carbons (Fsp3) is 0.304. The Morgan fingerprint density at radius 3 is 2.36 bits per heavy atom. The third-order valence-electron chi connectivity index (χ3n) is 5.75. The molecule has 1 heterocycles. The Morgan fingerprint density at radius 1 is 1.15 bits per heavy atom. The minimum absolute atomic E-state index is 0.0136. The first-order valence-electron chi connectivity index (χ1n) is 11.1. The van der Waals surface area contributed by atoms with E-state index >= 15 is 0 Å². The first kappa shape index (κ1) is 29.9. The van der Waals surface area contributed by atoms with Crippen molar-refractivity contribution in [2.45, 2.75) is 32.0 Å². The Kier molecular flexibility index (Phi) is 8.32. The number of rotatable bonds is 8. The van der Waals surface area contributed by atoms with Crippen LogP contribution in [0.4, 0.5) is 28.9 Å². The lowest BCUT2D eigenvalue weighted by Gasteiger charge is -2.29. The number of nitrogens with zero attached hydrogens (tertiary/aromatic N) is 3. The summed E-state index contributed by atoms with van der Waals surface area (Å²) in [6, 6.07) is 7.64. The number of amides is 2. The lowest BCUT2D eigenvalue weighted by atomic mass is 10.0. The predicted octanol–water partition coefficient (Wildman–Crippen LogP) is 2.55. The predicted molar refractivity (Wildman–Crippen MR) is 137 cm³/mol. The zero-order valence-corrected chi connectivity index (χ0v) is 22.1. The Morgan fingerprint density at radius 2 is 1.79 bits per heavy atom. The van der Waals surface area contributed by atoms with Crippen LogP contribution in [0.1, 0.15) is 41.8 Å². The lowest BCUT2D eigenvalue weighted by molar-refractivity contribution is -0.137. The summed E-state index contributed by atoms with van der Waals surface area (Å²) in [5, 5.41) is 16.0. The quantitative estimate of drug-likeness (QED) is 0.245. The molecule has 39 heavy (non-hydrogen) atoms. The van der Waals surface area contributed by atoms with Gasteiger partial charge in [-0.3, -0.25) is 14.5 Å². The topological polar surface area (TPSA) is 149 Å². The van der Waals surface area contributed by atoms with Gasteiger partial charge in [-0.1, -0.05) is 0 Å². The number of carbonyl (C=O) groups excluding carboxylic acids is 2. The second-order valence-corrected chi connectivity index (χ2v) is 10.6. The molecule has 2 aromatic carbocycles. The lowest BCUT2D eigenvalue weighted by Crippen LogP contribution is -2.44. The van der Waals surface area contributed by atoms with E-state index in [1.807, 2.05) is 4.72 Å². The highest BCUT2D eigenvalue weighted by molar-refractivity contribution is 7.87. The van der Waals surface area contributed by atoms with Gasteiger partial charge in [-0.05, 0) is 68.9 Å². The zero-order chi connectivity index (χ0) is 29.3. The number of alkyl halides is 3. The van der Waals surface area contributed by atoms with Gasteiger partial charge in [0.2, 0.25) is 0 Å². The Labute approximate surface area is 226 Å². The van der Waals surface area contributed by atoms with Crippen molar-refractivity contribution in [3.05, 3.63) is 58.9 Å². The zero-order valence-electron chi connectivity index (χ0n) is 20.5. The summed E-state index contributed by atoms with van der Waals surface area (Å²) >= 11 is 5.41. The maximum Gasteiger partial charge on any atom is 0.417 e. The number of nitrogens with two attached hydrogens (primary N) is 1. The third kappa shape index (κ3) is 6.33. The molecule has 1 aliphatic heterocycles. The largest absolute Gasteiger partial charge is 0.417 e. The molecule has 208 valence electrons. The number of hydrogen-bond donors (Lipinski definition) is 3. The van der Waals surface area contributed by atoms with Crippen molar-refractivity contribution in [2.24, 2.45) is 5.14 Å². The van der Waals surface area contributed by atoms with Crippen LogP contribution in [0, 0.1) is 17.1 Å². The van der Waals surface area contributed by atoms with Crippen LogP contribution in [-0.2, 0) is 21.2 Å². The normalized spacial score (nSPS) is 15.4. The number of carbonyl (C=O) groups is 2. The molecule has 0 aliphatic carbocycles. The number of nitriles is 1. The highest BCUT2D eigenvalue weighted by Gasteiger charge is 2.51. The summed E-state index contributed by atoms with van der Waals surface area (Å²) in [5.74, 6) is -2.44. The molecule has 0 saturated carbocycles. The number of anilines is 2. The van der Waals surface area contributed by atoms with Gasteiger partial charge in [-0.15, -0.1) is 0 Å². The van der Waals surface area contributed by atoms with E-state index in [2.05, 4.69) is 5.32 Å². The van der Waals surface area contributed by atoms with E-state index in [-0.39, 0.29) is 41.6 Å². The number of halogens is 4. The average Bonchev–Trinajstić information content (AvgIpc) is 3.00. The molecular formula is C23H22F4N6O4S2. The molecule has 16 heteroatoms. The van der Waals surface area contributed by atoms with Gasteiger partial charge >= 0.3 is 6.18 Å². The van der Waals surface area contributed by atoms with Crippen molar-refractivity contribution in [2.75, 3.05) is 22.9 Å². The van der Waals surface area contributed by atoms with Gasteiger partial charge in [0.1, 0.15) is 11.4 Å². The van der Waals surface area contributed by atoms with Crippen LogP contribution in [0.5, 0.6) is 0 Å². The molecule has 0 atom stereocenters. The SMILES string of the molecule is CC1(C)C(=O)N(c2ccc(C#N)c(C(F)(F)F)c2)C(=S)N1c1ccc(C(=O)NCCCNS(N)(=O)=O)c(F)c1. The van der Waals surface area contributed by atoms with Crippen LogP contribution in [0.25, 0.3) is 0 Å². The van der Waals surface area contributed by atoms with Crippen LogP contribution >= 0.6 is 12.2 Å². The minimum atomic E-state index is -4.86. The fourth-order valence-electron chi connectivity index (χ4n) is 3.89. The number of nitrogens with one attached hydrogen (secondary N) is 2.